The van der Waals surface area contributed by atoms with Gasteiger partial charge in [-0.15, -0.1) is 0 Å². The van der Waals surface area contributed by atoms with Gasteiger partial charge in [0.2, 0.25) is 5.91 Å². The molecular weight excluding hydrogens is 304 g/mol. The van der Waals surface area contributed by atoms with Gasteiger partial charge in [-0.05, 0) is 40.9 Å². The molecule has 0 atom stereocenters. The Morgan fingerprint density at radius 2 is 1.95 bits per heavy atom. The zero-order valence-electron chi connectivity index (χ0n) is 11.8. The van der Waals surface area contributed by atoms with Crippen LogP contribution < -0.4 is 0 Å². The van der Waals surface area contributed by atoms with Crippen LogP contribution in [-0.2, 0) is 4.79 Å². The molecule has 2 heterocycles. The summed E-state index contributed by atoms with van der Waals surface area (Å²) >= 11 is 3.41. The Labute approximate surface area is 123 Å². The quantitative estimate of drug-likeness (QED) is 0.739. The number of pyridine rings is 1. The van der Waals surface area contributed by atoms with Crippen molar-refractivity contribution in [2.75, 3.05) is 13.1 Å². The number of likely N-dealkylation sites (tertiary alicyclic amines) is 1. The summed E-state index contributed by atoms with van der Waals surface area (Å²) in [6.07, 6.45) is 2.01. The molecule has 1 fully saturated rings. The summed E-state index contributed by atoms with van der Waals surface area (Å²) in [5, 5.41) is 0. The summed E-state index contributed by atoms with van der Waals surface area (Å²) in [6, 6.07) is 6.05. The highest BCUT2D eigenvalue weighted by molar-refractivity contribution is 9.10. The van der Waals surface area contributed by atoms with Gasteiger partial charge in [-0.3, -0.25) is 4.79 Å². The SMILES string of the molecule is CC(C)(C)C(=O)N1CCC(c2cccc(Br)n2)CC1. The summed E-state index contributed by atoms with van der Waals surface area (Å²) in [5.41, 5.74) is 0.859. The zero-order valence-corrected chi connectivity index (χ0v) is 13.4. The number of nitrogens with zero attached hydrogens (tertiary/aromatic N) is 2. The Morgan fingerprint density at radius 3 is 2.47 bits per heavy atom. The van der Waals surface area contributed by atoms with Crippen LogP contribution in [0.1, 0.15) is 45.2 Å². The van der Waals surface area contributed by atoms with Gasteiger partial charge in [0, 0.05) is 30.1 Å². The molecule has 19 heavy (non-hydrogen) atoms. The molecule has 104 valence electrons. The minimum Gasteiger partial charge on any atom is -0.342 e. The molecule has 4 heteroatoms. The molecule has 3 nitrogen and oxygen atoms in total. The lowest BCUT2D eigenvalue weighted by atomic mass is 9.89. The molecule has 1 aromatic rings. The van der Waals surface area contributed by atoms with Crippen molar-refractivity contribution >= 4 is 21.8 Å². The number of rotatable bonds is 1. The summed E-state index contributed by atoms with van der Waals surface area (Å²) < 4.78 is 0.887. The van der Waals surface area contributed by atoms with Crippen LogP contribution in [0.15, 0.2) is 22.8 Å². The first-order valence-corrected chi connectivity index (χ1v) is 7.59. The fourth-order valence-corrected chi connectivity index (χ4v) is 2.86. The molecule has 0 aliphatic carbocycles. The molecule has 1 aromatic heterocycles. The van der Waals surface area contributed by atoms with E-state index in [1.165, 1.54) is 0 Å². The normalized spacial score (nSPS) is 17.6. The van der Waals surface area contributed by atoms with Gasteiger partial charge < -0.3 is 4.90 Å². The molecule has 0 saturated carbocycles. The first-order chi connectivity index (χ1) is 8.88. The minimum absolute atomic E-state index is 0.258. The Kier molecular flexibility index (Phi) is 4.29. The number of amides is 1. The molecule has 0 spiro atoms. The lowest BCUT2D eigenvalue weighted by Crippen LogP contribution is -2.43. The van der Waals surface area contributed by atoms with Gasteiger partial charge in [0.05, 0.1) is 0 Å². The molecule has 1 saturated heterocycles. The number of aromatic nitrogens is 1. The van der Waals surface area contributed by atoms with Crippen molar-refractivity contribution in [3.8, 4) is 0 Å². The Balaban J connectivity index is 1.98. The summed E-state index contributed by atoms with van der Waals surface area (Å²) in [4.78, 5) is 18.7. The number of carbonyl (C=O) groups excluding carboxylic acids is 1. The molecule has 0 aromatic carbocycles. The standard InChI is InChI=1S/C15H21BrN2O/c1-15(2,3)14(19)18-9-7-11(8-10-18)12-5-4-6-13(16)17-12/h4-6,11H,7-10H2,1-3H3. The fourth-order valence-electron chi connectivity index (χ4n) is 2.50. The van der Waals surface area contributed by atoms with E-state index in [0.29, 0.717) is 5.92 Å². The lowest BCUT2D eigenvalue weighted by Gasteiger charge is -2.35. The van der Waals surface area contributed by atoms with Gasteiger partial charge in [0.1, 0.15) is 4.60 Å². The number of carbonyl (C=O) groups is 1. The highest BCUT2D eigenvalue weighted by Crippen LogP contribution is 2.29. The highest BCUT2D eigenvalue weighted by Gasteiger charge is 2.30. The van der Waals surface area contributed by atoms with E-state index in [9.17, 15) is 4.79 Å². The second-order valence-corrected chi connectivity index (χ2v) is 7.01. The number of halogens is 1. The molecule has 0 bridgehead atoms. The highest BCUT2D eigenvalue weighted by atomic mass is 79.9. The zero-order chi connectivity index (χ0) is 14.0. The Hall–Kier alpha value is -0.900. The predicted molar refractivity (Wildman–Crippen MR) is 79.9 cm³/mol. The monoisotopic (exact) mass is 324 g/mol. The van der Waals surface area contributed by atoms with Gasteiger partial charge >= 0.3 is 0 Å². The van der Waals surface area contributed by atoms with E-state index in [1.54, 1.807) is 0 Å². The van der Waals surface area contributed by atoms with Crippen molar-refractivity contribution in [2.45, 2.75) is 39.5 Å². The van der Waals surface area contributed by atoms with Crippen LogP contribution in [0.2, 0.25) is 0 Å². The summed E-state index contributed by atoms with van der Waals surface area (Å²) in [5.74, 6) is 0.731. The van der Waals surface area contributed by atoms with Crippen LogP contribution in [0.25, 0.3) is 0 Å². The first-order valence-electron chi connectivity index (χ1n) is 6.80. The van der Waals surface area contributed by atoms with Crippen LogP contribution in [0.4, 0.5) is 0 Å². The minimum atomic E-state index is -0.277. The average molecular weight is 325 g/mol. The fraction of sp³-hybridized carbons (Fsp3) is 0.600. The van der Waals surface area contributed by atoms with Crippen LogP contribution in [0.3, 0.4) is 0 Å². The van der Waals surface area contributed by atoms with E-state index >= 15 is 0 Å². The van der Waals surface area contributed by atoms with E-state index < -0.39 is 0 Å². The lowest BCUT2D eigenvalue weighted by molar-refractivity contribution is -0.140. The van der Waals surface area contributed by atoms with E-state index in [2.05, 4.69) is 27.0 Å². The third kappa shape index (κ3) is 3.56. The number of piperidine rings is 1. The number of hydrogen-bond acceptors (Lipinski definition) is 2. The maximum Gasteiger partial charge on any atom is 0.227 e. The average Bonchev–Trinajstić information content (AvgIpc) is 2.37. The van der Waals surface area contributed by atoms with Crippen molar-refractivity contribution in [3.05, 3.63) is 28.5 Å². The van der Waals surface area contributed by atoms with E-state index in [1.807, 2.05) is 37.8 Å². The largest absolute Gasteiger partial charge is 0.342 e. The van der Waals surface area contributed by atoms with Gasteiger partial charge in [-0.25, -0.2) is 4.98 Å². The number of hydrogen-bond donors (Lipinski definition) is 0. The molecule has 2 rings (SSSR count). The Bertz CT molecular complexity index is 459. The van der Waals surface area contributed by atoms with Crippen molar-refractivity contribution in [1.29, 1.82) is 0 Å². The summed E-state index contributed by atoms with van der Waals surface area (Å²) in [7, 11) is 0. The maximum atomic E-state index is 12.2. The van der Waals surface area contributed by atoms with E-state index in [4.69, 9.17) is 0 Å². The molecular formula is C15H21BrN2O. The molecule has 0 unspecified atom stereocenters. The van der Waals surface area contributed by atoms with Crippen molar-refractivity contribution in [3.63, 3.8) is 0 Å². The van der Waals surface area contributed by atoms with Crippen LogP contribution in [0.5, 0.6) is 0 Å². The first kappa shape index (κ1) is 14.5. The van der Waals surface area contributed by atoms with Gasteiger partial charge in [-0.1, -0.05) is 26.8 Å². The maximum absolute atomic E-state index is 12.2. The Morgan fingerprint density at radius 1 is 1.32 bits per heavy atom. The predicted octanol–water partition coefficient (Wildman–Crippen LogP) is 3.60. The third-order valence-corrected chi connectivity index (χ3v) is 4.02. The molecule has 1 amide bonds. The molecule has 1 aliphatic rings. The van der Waals surface area contributed by atoms with Gasteiger partial charge in [0.25, 0.3) is 0 Å². The summed E-state index contributed by atoms with van der Waals surface area (Å²) in [6.45, 7) is 7.63. The van der Waals surface area contributed by atoms with Crippen LogP contribution in [-0.4, -0.2) is 28.9 Å². The van der Waals surface area contributed by atoms with E-state index in [0.717, 1.165) is 36.2 Å². The topological polar surface area (TPSA) is 33.2 Å². The van der Waals surface area contributed by atoms with Gasteiger partial charge in [-0.2, -0.15) is 0 Å². The van der Waals surface area contributed by atoms with Crippen molar-refractivity contribution in [2.24, 2.45) is 5.41 Å². The second-order valence-electron chi connectivity index (χ2n) is 6.20. The molecule has 1 aliphatic heterocycles. The van der Waals surface area contributed by atoms with Crippen LogP contribution >= 0.6 is 15.9 Å². The van der Waals surface area contributed by atoms with E-state index in [-0.39, 0.29) is 11.3 Å². The van der Waals surface area contributed by atoms with Gasteiger partial charge in [0.15, 0.2) is 0 Å². The molecule has 0 N–H and O–H groups in total. The molecule has 0 radical (unpaired) electrons. The smallest absolute Gasteiger partial charge is 0.227 e. The van der Waals surface area contributed by atoms with Crippen molar-refractivity contribution in [1.82, 2.24) is 9.88 Å². The van der Waals surface area contributed by atoms with Crippen molar-refractivity contribution < 1.29 is 4.79 Å². The third-order valence-electron chi connectivity index (χ3n) is 3.58. The second kappa shape index (κ2) is 5.61. The van der Waals surface area contributed by atoms with Crippen LogP contribution in [0, 0.1) is 5.41 Å².